The molecule has 5 aliphatic rings. The van der Waals surface area contributed by atoms with Crippen LogP contribution in [0, 0.1) is 28.6 Å². The number of carbonyl (C=O) groups is 2. The number of ether oxygens (including phenoxy) is 1. The molecule has 4 fully saturated rings. The maximum atomic E-state index is 14.7. The van der Waals surface area contributed by atoms with Gasteiger partial charge in [0.25, 0.3) is 0 Å². The van der Waals surface area contributed by atoms with E-state index in [2.05, 4.69) is 0 Å². The minimum Gasteiger partial charge on any atom is -0.388 e. The van der Waals surface area contributed by atoms with Gasteiger partial charge in [-0.25, -0.2) is 4.39 Å². The van der Waals surface area contributed by atoms with E-state index in [9.17, 15) is 24.2 Å². The fraction of sp³-hybridized carbons (Fsp3) is 0.727. The van der Waals surface area contributed by atoms with Gasteiger partial charge in [0.2, 0.25) is 5.78 Å². The minimum atomic E-state index is -1.58. The van der Waals surface area contributed by atoms with Crippen LogP contribution < -0.4 is 0 Å². The Kier molecular flexibility index (Phi) is 3.47. The zero-order valence-electron chi connectivity index (χ0n) is 16.5. The summed E-state index contributed by atoms with van der Waals surface area (Å²) in [6, 6.07) is 0. The van der Waals surface area contributed by atoms with Crippen molar-refractivity contribution in [2.45, 2.75) is 63.8 Å². The molecule has 0 aromatic carbocycles. The van der Waals surface area contributed by atoms with Crippen molar-refractivity contribution in [3.63, 3.8) is 0 Å². The van der Waals surface area contributed by atoms with Gasteiger partial charge in [-0.1, -0.05) is 19.9 Å². The van der Waals surface area contributed by atoms with Crippen LogP contribution in [0.4, 0.5) is 4.39 Å². The number of halogens is 1. The van der Waals surface area contributed by atoms with Crippen LogP contribution in [-0.2, 0) is 14.3 Å². The van der Waals surface area contributed by atoms with E-state index in [1.165, 1.54) is 6.08 Å². The van der Waals surface area contributed by atoms with Crippen LogP contribution in [-0.4, -0.2) is 45.7 Å². The molecule has 5 rings (SSSR count). The number of epoxide rings is 1. The number of hydrogen-bond donors (Lipinski definition) is 2. The fourth-order valence-electron chi connectivity index (χ4n) is 7.78. The Bertz CT molecular complexity index is 863. The van der Waals surface area contributed by atoms with E-state index in [0.29, 0.717) is 31.3 Å². The first-order chi connectivity index (χ1) is 13.1. The van der Waals surface area contributed by atoms with Crippen molar-refractivity contribution < 1.29 is 28.9 Å². The normalized spacial score (nSPS) is 54.0. The highest BCUT2D eigenvalue weighted by molar-refractivity contribution is 6.04. The molecule has 1 aliphatic heterocycles. The van der Waals surface area contributed by atoms with Crippen molar-refractivity contribution in [2.75, 3.05) is 6.61 Å². The molecular formula is C22H27FO5. The van der Waals surface area contributed by atoms with Crippen LogP contribution in [0.25, 0.3) is 0 Å². The van der Waals surface area contributed by atoms with Gasteiger partial charge in [0.15, 0.2) is 11.6 Å². The number of allylic oxidation sites excluding steroid dienone is 2. The third-order valence-corrected chi connectivity index (χ3v) is 9.18. The van der Waals surface area contributed by atoms with Gasteiger partial charge in [0, 0.05) is 10.8 Å². The number of rotatable bonds is 2. The van der Waals surface area contributed by atoms with Crippen LogP contribution >= 0.6 is 0 Å². The Labute approximate surface area is 163 Å². The summed E-state index contributed by atoms with van der Waals surface area (Å²) in [4.78, 5) is 24.5. The van der Waals surface area contributed by atoms with Crippen LogP contribution in [0.15, 0.2) is 23.6 Å². The molecule has 0 amide bonds. The highest BCUT2D eigenvalue weighted by Crippen LogP contribution is 2.76. The van der Waals surface area contributed by atoms with E-state index >= 15 is 0 Å². The molecular weight excluding hydrogens is 363 g/mol. The molecule has 1 heterocycles. The predicted molar refractivity (Wildman–Crippen MR) is 97.8 cm³/mol. The lowest BCUT2D eigenvalue weighted by molar-refractivity contribution is -0.165. The van der Waals surface area contributed by atoms with E-state index in [1.807, 2.05) is 26.8 Å². The van der Waals surface area contributed by atoms with E-state index in [1.54, 1.807) is 0 Å². The fourth-order valence-corrected chi connectivity index (χ4v) is 7.78. The molecule has 0 radical (unpaired) electrons. The Balaban J connectivity index is 1.61. The number of ketones is 2. The largest absolute Gasteiger partial charge is 0.388 e. The Morgan fingerprint density at radius 2 is 2.07 bits per heavy atom. The summed E-state index contributed by atoms with van der Waals surface area (Å²) in [7, 11) is 0. The van der Waals surface area contributed by atoms with Gasteiger partial charge in [-0.15, -0.1) is 0 Å². The average Bonchev–Trinajstić information content (AvgIpc) is 3.34. The van der Waals surface area contributed by atoms with Gasteiger partial charge >= 0.3 is 0 Å². The van der Waals surface area contributed by atoms with E-state index in [-0.39, 0.29) is 23.9 Å². The maximum absolute atomic E-state index is 14.7. The summed E-state index contributed by atoms with van der Waals surface area (Å²) in [5, 5.41) is 21.0. The van der Waals surface area contributed by atoms with Crippen molar-refractivity contribution >= 4 is 11.6 Å². The van der Waals surface area contributed by atoms with E-state index in [0.717, 1.165) is 0 Å². The zero-order valence-corrected chi connectivity index (χ0v) is 16.5. The Morgan fingerprint density at radius 1 is 1.36 bits per heavy atom. The second-order valence-corrected chi connectivity index (χ2v) is 9.95. The average molecular weight is 390 g/mol. The minimum absolute atomic E-state index is 0.0363. The van der Waals surface area contributed by atoms with Gasteiger partial charge in [-0.3, -0.25) is 9.59 Å². The van der Waals surface area contributed by atoms with Crippen LogP contribution in [0.2, 0.25) is 0 Å². The summed E-state index contributed by atoms with van der Waals surface area (Å²) in [5.74, 6) is -1.89. The van der Waals surface area contributed by atoms with Crippen LogP contribution in [0.1, 0.15) is 46.5 Å². The smallest absolute Gasteiger partial charge is 0.213 e. The molecule has 152 valence electrons. The Hall–Kier alpha value is -1.37. The molecule has 8 atom stereocenters. The second kappa shape index (κ2) is 5.21. The molecule has 1 saturated heterocycles. The zero-order chi connectivity index (χ0) is 20.3. The molecule has 6 heteroatoms. The molecule has 0 bridgehead atoms. The third kappa shape index (κ3) is 1.71. The molecule has 0 aromatic heterocycles. The highest BCUT2D eigenvalue weighted by Gasteiger charge is 2.82. The monoisotopic (exact) mass is 390 g/mol. The SMILES string of the molecule is C[C@H]1C[C@H]2[C@@H]3CCC4=C(F)C(=O)C=C[C@]4(C)[C@]34OC4C[C@]2(C)[C@@]1(O)C(=O)CO. The topological polar surface area (TPSA) is 87.1 Å². The van der Waals surface area contributed by atoms with Gasteiger partial charge in [-0.2, -0.15) is 0 Å². The standard InChI is InChI=1S/C22H27FO5/c1-11-8-14-12-4-5-13-18(23)15(25)6-7-19(13,2)22(12)17(28-22)9-20(14,3)21(11,27)16(26)10-24/h6-7,11-12,14,17,24,27H,4-5,8-10H2,1-3H3/t11-,12-,14-,17?,19-,20-,21-,22-/m0/s1. The number of Topliss-reactive ketones (excluding diaryl/α,β-unsaturated/α-hetero) is 1. The van der Waals surface area contributed by atoms with Crippen molar-refractivity contribution in [3.8, 4) is 0 Å². The van der Waals surface area contributed by atoms with E-state index < -0.39 is 46.0 Å². The highest BCUT2D eigenvalue weighted by atomic mass is 19.1. The van der Waals surface area contributed by atoms with Crippen molar-refractivity contribution in [3.05, 3.63) is 23.6 Å². The predicted octanol–water partition coefficient (Wildman–Crippen LogP) is 2.26. The number of aliphatic hydroxyl groups excluding tert-OH is 1. The maximum Gasteiger partial charge on any atom is 0.213 e. The van der Waals surface area contributed by atoms with Gasteiger partial charge in [0.05, 0.1) is 6.10 Å². The number of hydrogen-bond acceptors (Lipinski definition) is 5. The molecule has 28 heavy (non-hydrogen) atoms. The van der Waals surface area contributed by atoms with Crippen molar-refractivity contribution in [2.24, 2.45) is 28.6 Å². The summed E-state index contributed by atoms with van der Waals surface area (Å²) in [5.41, 5.74) is -2.98. The third-order valence-electron chi connectivity index (χ3n) is 9.18. The summed E-state index contributed by atoms with van der Waals surface area (Å²) in [6.45, 7) is 5.12. The molecule has 5 nitrogen and oxygen atoms in total. The summed E-state index contributed by atoms with van der Waals surface area (Å²) < 4.78 is 21.0. The number of carbonyl (C=O) groups excluding carboxylic acids is 2. The summed E-state index contributed by atoms with van der Waals surface area (Å²) >= 11 is 0. The Morgan fingerprint density at radius 3 is 2.75 bits per heavy atom. The van der Waals surface area contributed by atoms with Crippen LogP contribution in [0.3, 0.4) is 0 Å². The molecule has 3 saturated carbocycles. The first-order valence-electron chi connectivity index (χ1n) is 10.2. The molecule has 4 aliphatic carbocycles. The molecule has 0 aromatic rings. The first-order valence-corrected chi connectivity index (χ1v) is 10.2. The van der Waals surface area contributed by atoms with Crippen molar-refractivity contribution in [1.29, 1.82) is 0 Å². The quantitative estimate of drug-likeness (QED) is 0.707. The lowest BCUT2D eigenvalue weighted by Crippen LogP contribution is -2.62. The van der Waals surface area contributed by atoms with Gasteiger partial charge in [0.1, 0.15) is 17.8 Å². The van der Waals surface area contributed by atoms with Gasteiger partial charge < -0.3 is 14.9 Å². The first kappa shape index (κ1) is 18.6. The van der Waals surface area contributed by atoms with Crippen LogP contribution in [0.5, 0.6) is 0 Å². The number of fused-ring (bicyclic) bond motifs is 3. The molecule has 1 unspecified atom stereocenters. The molecule has 2 N–H and O–H groups in total. The molecule has 1 spiro atoms. The summed E-state index contributed by atoms with van der Waals surface area (Å²) in [6.07, 6.45) is 5.25. The second-order valence-electron chi connectivity index (χ2n) is 9.95. The lowest BCUT2D eigenvalue weighted by Gasteiger charge is -2.55. The van der Waals surface area contributed by atoms with Gasteiger partial charge in [-0.05, 0) is 62.0 Å². The number of aliphatic hydroxyl groups is 2. The van der Waals surface area contributed by atoms with E-state index in [4.69, 9.17) is 4.74 Å². The lowest BCUT2D eigenvalue weighted by atomic mass is 9.46. The van der Waals surface area contributed by atoms with Crippen molar-refractivity contribution in [1.82, 2.24) is 0 Å².